The van der Waals surface area contributed by atoms with Crippen molar-refractivity contribution in [3.63, 3.8) is 0 Å². The van der Waals surface area contributed by atoms with E-state index in [-0.39, 0.29) is 5.91 Å². The molecule has 4 nitrogen and oxygen atoms in total. The van der Waals surface area contributed by atoms with Crippen molar-refractivity contribution < 1.29 is 4.79 Å². The van der Waals surface area contributed by atoms with E-state index in [2.05, 4.69) is 21.3 Å². The van der Waals surface area contributed by atoms with Gasteiger partial charge >= 0.3 is 0 Å². The first-order valence-corrected chi connectivity index (χ1v) is 9.61. The van der Waals surface area contributed by atoms with E-state index in [0.29, 0.717) is 5.69 Å². The summed E-state index contributed by atoms with van der Waals surface area (Å²) in [4.78, 5) is 21.6. The molecular formula is C16H19N3OS2. The van der Waals surface area contributed by atoms with E-state index < -0.39 is 0 Å². The molecule has 2 fully saturated rings. The molecule has 0 atom stereocenters. The van der Waals surface area contributed by atoms with Gasteiger partial charge in [-0.2, -0.15) is 11.3 Å². The van der Waals surface area contributed by atoms with Gasteiger partial charge in [0.25, 0.3) is 5.91 Å². The molecule has 0 aromatic carbocycles. The van der Waals surface area contributed by atoms with Crippen LogP contribution in [0.25, 0.3) is 10.6 Å². The number of amides is 1. The topological polar surface area (TPSA) is 36.4 Å². The molecule has 0 unspecified atom stereocenters. The van der Waals surface area contributed by atoms with Crippen molar-refractivity contribution >= 4 is 28.6 Å². The predicted octanol–water partition coefficient (Wildman–Crippen LogP) is 3.04. The largest absolute Gasteiger partial charge is 0.335 e. The average molecular weight is 333 g/mol. The minimum Gasteiger partial charge on any atom is -0.335 e. The maximum Gasteiger partial charge on any atom is 0.273 e. The zero-order valence-electron chi connectivity index (χ0n) is 12.4. The smallest absolute Gasteiger partial charge is 0.273 e. The Bertz CT molecular complexity index is 640. The molecule has 1 amide bonds. The van der Waals surface area contributed by atoms with Gasteiger partial charge in [-0.3, -0.25) is 9.69 Å². The maximum absolute atomic E-state index is 12.6. The van der Waals surface area contributed by atoms with Crippen molar-refractivity contribution in [1.82, 2.24) is 14.8 Å². The first-order chi connectivity index (χ1) is 10.8. The molecule has 0 spiro atoms. The van der Waals surface area contributed by atoms with Crippen LogP contribution in [-0.2, 0) is 0 Å². The minimum absolute atomic E-state index is 0.0869. The number of thiazole rings is 1. The van der Waals surface area contributed by atoms with E-state index in [1.54, 1.807) is 22.7 Å². The summed E-state index contributed by atoms with van der Waals surface area (Å²) in [6.07, 6.45) is 2.78. The second-order valence-electron chi connectivity index (χ2n) is 6.09. The van der Waals surface area contributed by atoms with E-state index in [9.17, 15) is 4.79 Å². The van der Waals surface area contributed by atoms with Gasteiger partial charge < -0.3 is 4.90 Å². The molecule has 116 valence electrons. The number of aromatic nitrogens is 1. The van der Waals surface area contributed by atoms with Crippen molar-refractivity contribution in [3.05, 3.63) is 27.9 Å². The lowest BCUT2D eigenvalue weighted by molar-refractivity contribution is 0.0627. The lowest BCUT2D eigenvalue weighted by Crippen LogP contribution is -2.49. The van der Waals surface area contributed by atoms with Crippen LogP contribution in [0.2, 0.25) is 0 Å². The lowest BCUT2D eigenvalue weighted by atomic mass is 10.2. The number of thiophene rings is 1. The van der Waals surface area contributed by atoms with Crippen LogP contribution < -0.4 is 0 Å². The summed E-state index contributed by atoms with van der Waals surface area (Å²) in [5, 5.41) is 6.95. The van der Waals surface area contributed by atoms with Crippen molar-refractivity contribution in [3.8, 4) is 10.6 Å². The summed E-state index contributed by atoms with van der Waals surface area (Å²) in [6.45, 7) is 4.89. The number of hydrogen-bond donors (Lipinski definition) is 0. The third-order valence-corrected chi connectivity index (χ3v) is 5.94. The second kappa shape index (κ2) is 6.10. The van der Waals surface area contributed by atoms with Crippen LogP contribution in [0.1, 0.15) is 23.3 Å². The Morgan fingerprint density at radius 3 is 2.73 bits per heavy atom. The molecular weight excluding hydrogens is 314 g/mol. The maximum atomic E-state index is 12.6. The molecule has 4 rings (SSSR count). The molecule has 3 heterocycles. The number of carbonyl (C=O) groups is 1. The van der Waals surface area contributed by atoms with E-state index in [1.807, 2.05) is 15.7 Å². The SMILES string of the molecule is O=C(c1csc(-c2ccsc2)n1)N1CCN(CC2CC2)CC1. The molecule has 6 heteroatoms. The Balaban J connectivity index is 1.37. The predicted molar refractivity (Wildman–Crippen MR) is 90.5 cm³/mol. The van der Waals surface area contributed by atoms with Crippen molar-refractivity contribution in [2.45, 2.75) is 12.8 Å². The molecule has 0 radical (unpaired) electrons. The van der Waals surface area contributed by atoms with Gasteiger partial charge in [-0.1, -0.05) is 0 Å². The molecule has 2 aromatic rings. The average Bonchev–Trinajstić information content (AvgIpc) is 3.05. The van der Waals surface area contributed by atoms with Crippen LogP contribution in [0.4, 0.5) is 0 Å². The number of nitrogens with zero attached hydrogens (tertiary/aromatic N) is 3. The molecule has 0 bridgehead atoms. The summed E-state index contributed by atoms with van der Waals surface area (Å²) in [5.41, 5.74) is 1.71. The molecule has 1 saturated carbocycles. The Labute approximate surface area is 138 Å². The van der Waals surface area contributed by atoms with Gasteiger partial charge in [-0.25, -0.2) is 4.98 Å². The third kappa shape index (κ3) is 3.09. The summed E-state index contributed by atoms with van der Waals surface area (Å²) in [5.74, 6) is 1.01. The van der Waals surface area contributed by atoms with Crippen molar-refractivity contribution in [2.24, 2.45) is 5.92 Å². The van der Waals surface area contributed by atoms with E-state index in [1.165, 1.54) is 19.4 Å². The second-order valence-corrected chi connectivity index (χ2v) is 7.72. The monoisotopic (exact) mass is 333 g/mol. The highest BCUT2D eigenvalue weighted by molar-refractivity contribution is 7.14. The molecule has 1 saturated heterocycles. The summed E-state index contributed by atoms with van der Waals surface area (Å²) in [7, 11) is 0. The number of rotatable bonds is 4. The van der Waals surface area contributed by atoms with E-state index >= 15 is 0 Å². The summed E-state index contributed by atoms with van der Waals surface area (Å²) in [6, 6.07) is 2.05. The number of piperazine rings is 1. The van der Waals surface area contributed by atoms with E-state index in [0.717, 1.165) is 42.7 Å². The summed E-state index contributed by atoms with van der Waals surface area (Å²) >= 11 is 3.21. The Kier molecular flexibility index (Phi) is 3.98. The van der Waals surface area contributed by atoms with Crippen LogP contribution in [-0.4, -0.2) is 53.4 Å². The van der Waals surface area contributed by atoms with Crippen LogP contribution in [0.3, 0.4) is 0 Å². The first-order valence-electron chi connectivity index (χ1n) is 7.79. The minimum atomic E-state index is 0.0869. The van der Waals surface area contributed by atoms with Crippen molar-refractivity contribution in [2.75, 3.05) is 32.7 Å². The van der Waals surface area contributed by atoms with Crippen LogP contribution in [0.15, 0.2) is 22.2 Å². The molecule has 1 aliphatic heterocycles. The molecule has 2 aromatic heterocycles. The lowest BCUT2D eigenvalue weighted by Gasteiger charge is -2.34. The van der Waals surface area contributed by atoms with Crippen LogP contribution >= 0.6 is 22.7 Å². The zero-order valence-corrected chi connectivity index (χ0v) is 14.0. The highest BCUT2D eigenvalue weighted by Gasteiger charge is 2.28. The molecule has 2 aliphatic rings. The molecule has 1 aliphatic carbocycles. The normalized spacial score (nSPS) is 19.5. The third-order valence-electron chi connectivity index (χ3n) is 4.36. The molecule has 0 N–H and O–H groups in total. The standard InChI is InChI=1S/C16H19N3OS2/c20-16(14-11-22-15(17-14)13-3-8-21-10-13)19-6-4-18(5-7-19)9-12-1-2-12/h3,8,10-12H,1-2,4-7,9H2. The highest BCUT2D eigenvalue weighted by atomic mass is 32.1. The fourth-order valence-corrected chi connectivity index (χ4v) is 4.36. The fraction of sp³-hybridized carbons (Fsp3) is 0.500. The van der Waals surface area contributed by atoms with Gasteiger partial charge in [0.2, 0.25) is 0 Å². The van der Waals surface area contributed by atoms with Gasteiger partial charge in [-0.05, 0) is 30.2 Å². The van der Waals surface area contributed by atoms with E-state index in [4.69, 9.17) is 0 Å². The van der Waals surface area contributed by atoms with Crippen LogP contribution in [0, 0.1) is 5.92 Å². The van der Waals surface area contributed by atoms with Gasteiger partial charge in [-0.15, -0.1) is 11.3 Å². The summed E-state index contributed by atoms with van der Waals surface area (Å²) < 4.78 is 0. The van der Waals surface area contributed by atoms with Crippen molar-refractivity contribution in [1.29, 1.82) is 0 Å². The Morgan fingerprint density at radius 1 is 1.23 bits per heavy atom. The Hall–Kier alpha value is -1.24. The van der Waals surface area contributed by atoms with Gasteiger partial charge in [0.05, 0.1) is 0 Å². The fourth-order valence-electron chi connectivity index (χ4n) is 2.85. The Morgan fingerprint density at radius 2 is 2.05 bits per heavy atom. The van der Waals surface area contributed by atoms with Gasteiger partial charge in [0.1, 0.15) is 10.7 Å². The highest BCUT2D eigenvalue weighted by Crippen LogP contribution is 2.30. The molecule has 22 heavy (non-hydrogen) atoms. The first kappa shape index (κ1) is 14.4. The number of carbonyl (C=O) groups excluding carboxylic acids is 1. The van der Waals surface area contributed by atoms with Gasteiger partial charge in [0.15, 0.2) is 0 Å². The quantitative estimate of drug-likeness (QED) is 0.863. The zero-order chi connectivity index (χ0) is 14.9. The number of hydrogen-bond acceptors (Lipinski definition) is 5. The van der Waals surface area contributed by atoms with Gasteiger partial charge in [0, 0.05) is 49.0 Å². The van der Waals surface area contributed by atoms with Crippen LogP contribution in [0.5, 0.6) is 0 Å².